The van der Waals surface area contributed by atoms with Gasteiger partial charge in [-0.2, -0.15) is 0 Å². The molecule has 0 saturated heterocycles. The van der Waals surface area contributed by atoms with Gasteiger partial charge in [-0.3, -0.25) is 4.79 Å². The van der Waals surface area contributed by atoms with Gasteiger partial charge in [-0.05, 0) is 42.9 Å². The second-order valence-corrected chi connectivity index (χ2v) is 6.56. The van der Waals surface area contributed by atoms with Crippen molar-refractivity contribution < 1.29 is 9.90 Å². The minimum Gasteiger partial charge on any atom is -0.506 e. The molecule has 2 aromatic carbocycles. The summed E-state index contributed by atoms with van der Waals surface area (Å²) < 4.78 is 0. The predicted molar refractivity (Wildman–Crippen MR) is 97.0 cm³/mol. The number of phenolic OH excluding ortho intramolecular Hbond substituents is 1. The number of para-hydroxylation sites is 2. The number of thioether (sulfide) groups is 1. The Morgan fingerprint density at radius 1 is 0.913 bits per heavy atom. The van der Waals surface area contributed by atoms with Crippen molar-refractivity contribution in [2.45, 2.75) is 37.0 Å². The van der Waals surface area contributed by atoms with Crippen molar-refractivity contribution in [2.24, 2.45) is 0 Å². The SMILES string of the molecule is O=C(CCCCCCSc1ccccc1)Nc1ccccc1O. The van der Waals surface area contributed by atoms with Crippen LogP contribution in [-0.2, 0) is 4.79 Å². The number of unbranched alkanes of at least 4 members (excludes halogenated alkanes) is 3. The molecule has 0 fully saturated rings. The minimum atomic E-state index is -0.0369. The first-order valence-corrected chi connectivity index (χ1v) is 9.00. The third-order valence-corrected chi connectivity index (χ3v) is 4.59. The van der Waals surface area contributed by atoms with Crippen LogP contribution in [-0.4, -0.2) is 16.8 Å². The molecule has 1 amide bonds. The van der Waals surface area contributed by atoms with E-state index in [1.54, 1.807) is 24.3 Å². The lowest BCUT2D eigenvalue weighted by molar-refractivity contribution is -0.116. The number of rotatable bonds is 9. The fraction of sp³-hybridized carbons (Fsp3) is 0.316. The van der Waals surface area contributed by atoms with Gasteiger partial charge >= 0.3 is 0 Å². The first-order chi connectivity index (χ1) is 11.3. The summed E-state index contributed by atoms with van der Waals surface area (Å²) in [4.78, 5) is 13.1. The van der Waals surface area contributed by atoms with Crippen LogP contribution in [0.2, 0.25) is 0 Å². The Bertz CT molecular complexity index is 601. The van der Waals surface area contributed by atoms with Crippen LogP contribution in [0, 0.1) is 0 Å². The molecule has 0 aromatic heterocycles. The first kappa shape index (κ1) is 17.4. The lowest BCUT2D eigenvalue weighted by atomic mass is 10.1. The summed E-state index contributed by atoms with van der Waals surface area (Å²) in [7, 11) is 0. The second kappa shape index (κ2) is 9.95. The predicted octanol–water partition coefficient (Wildman–Crippen LogP) is 5.07. The van der Waals surface area contributed by atoms with E-state index < -0.39 is 0 Å². The lowest BCUT2D eigenvalue weighted by Gasteiger charge is -2.07. The molecule has 0 aliphatic rings. The number of benzene rings is 2. The topological polar surface area (TPSA) is 49.3 Å². The van der Waals surface area contributed by atoms with Gasteiger partial charge in [-0.1, -0.05) is 43.2 Å². The molecular weight excluding hydrogens is 306 g/mol. The van der Waals surface area contributed by atoms with Crippen LogP contribution in [0.1, 0.15) is 32.1 Å². The summed E-state index contributed by atoms with van der Waals surface area (Å²) >= 11 is 1.88. The zero-order chi connectivity index (χ0) is 16.3. The van der Waals surface area contributed by atoms with E-state index in [1.807, 2.05) is 17.8 Å². The van der Waals surface area contributed by atoms with Crippen LogP contribution in [0.3, 0.4) is 0 Å². The monoisotopic (exact) mass is 329 g/mol. The fourth-order valence-corrected chi connectivity index (χ4v) is 3.17. The summed E-state index contributed by atoms with van der Waals surface area (Å²) in [5.41, 5.74) is 0.483. The molecule has 0 radical (unpaired) electrons. The van der Waals surface area contributed by atoms with E-state index in [0.29, 0.717) is 12.1 Å². The van der Waals surface area contributed by atoms with Crippen molar-refractivity contribution in [3.63, 3.8) is 0 Å². The molecule has 0 spiro atoms. The van der Waals surface area contributed by atoms with Crippen molar-refractivity contribution in [1.29, 1.82) is 0 Å². The Hall–Kier alpha value is -1.94. The van der Waals surface area contributed by atoms with Crippen molar-refractivity contribution in [2.75, 3.05) is 11.1 Å². The number of amides is 1. The van der Waals surface area contributed by atoms with Crippen LogP contribution in [0.4, 0.5) is 5.69 Å². The van der Waals surface area contributed by atoms with Gasteiger partial charge in [0.15, 0.2) is 0 Å². The normalized spacial score (nSPS) is 10.4. The standard InChI is InChI=1S/C19H23NO2S/c21-18-13-8-7-12-17(18)20-19(22)14-6-1-2-9-15-23-16-10-4-3-5-11-16/h3-5,7-8,10-13,21H,1-2,6,9,14-15H2,(H,20,22). The van der Waals surface area contributed by atoms with Gasteiger partial charge in [0.1, 0.15) is 5.75 Å². The molecule has 23 heavy (non-hydrogen) atoms. The van der Waals surface area contributed by atoms with Crippen molar-refractivity contribution in [1.82, 2.24) is 0 Å². The molecule has 4 heteroatoms. The largest absolute Gasteiger partial charge is 0.506 e. The maximum atomic E-state index is 11.8. The summed E-state index contributed by atoms with van der Waals surface area (Å²) in [6.45, 7) is 0. The molecule has 0 heterocycles. The summed E-state index contributed by atoms with van der Waals surface area (Å²) in [6.07, 6.45) is 4.75. The summed E-state index contributed by atoms with van der Waals surface area (Å²) in [5.74, 6) is 1.19. The Labute approximate surface area is 142 Å². The van der Waals surface area contributed by atoms with Crippen LogP contribution in [0.5, 0.6) is 5.75 Å². The average molecular weight is 329 g/mol. The van der Waals surface area contributed by atoms with E-state index in [0.717, 1.165) is 25.0 Å². The highest BCUT2D eigenvalue weighted by molar-refractivity contribution is 7.99. The number of aromatic hydroxyl groups is 1. The zero-order valence-corrected chi connectivity index (χ0v) is 14.0. The van der Waals surface area contributed by atoms with Crippen LogP contribution >= 0.6 is 11.8 Å². The number of hydrogen-bond acceptors (Lipinski definition) is 3. The minimum absolute atomic E-state index is 0.0369. The highest BCUT2D eigenvalue weighted by Crippen LogP contribution is 2.22. The van der Waals surface area contributed by atoms with E-state index in [4.69, 9.17) is 0 Å². The Morgan fingerprint density at radius 3 is 2.39 bits per heavy atom. The van der Waals surface area contributed by atoms with E-state index in [1.165, 1.54) is 11.3 Å². The van der Waals surface area contributed by atoms with Crippen LogP contribution in [0.15, 0.2) is 59.5 Å². The van der Waals surface area contributed by atoms with Gasteiger partial charge in [-0.25, -0.2) is 0 Å². The van der Waals surface area contributed by atoms with E-state index >= 15 is 0 Å². The van der Waals surface area contributed by atoms with Crippen LogP contribution in [0.25, 0.3) is 0 Å². The molecule has 2 aromatic rings. The van der Waals surface area contributed by atoms with Crippen LogP contribution < -0.4 is 5.32 Å². The smallest absolute Gasteiger partial charge is 0.224 e. The number of hydrogen-bond donors (Lipinski definition) is 2. The molecule has 3 nitrogen and oxygen atoms in total. The van der Waals surface area contributed by atoms with Gasteiger partial charge < -0.3 is 10.4 Å². The van der Waals surface area contributed by atoms with E-state index in [-0.39, 0.29) is 11.7 Å². The molecule has 122 valence electrons. The second-order valence-electron chi connectivity index (χ2n) is 5.39. The van der Waals surface area contributed by atoms with Crippen molar-refractivity contribution in [3.05, 3.63) is 54.6 Å². The molecule has 0 bridgehead atoms. The molecule has 0 saturated carbocycles. The summed E-state index contributed by atoms with van der Waals surface area (Å²) in [5, 5.41) is 12.3. The molecule has 2 rings (SSSR count). The van der Waals surface area contributed by atoms with Crippen molar-refractivity contribution in [3.8, 4) is 5.75 Å². The third-order valence-electron chi connectivity index (χ3n) is 3.49. The molecule has 0 unspecified atom stereocenters. The average Bonchev–Trinajstić information content (AvgIpc) is 2.57. The first-order valence-electron chi connectivity index (χ1n) is 8.01. The Kier molecular flexibility index (Phi) is 7.54. The maximum Gasteiger partial charge on any atom is 0.224 e. The van der Waals surface area contributed by atoms with Crippen molar-refractivity contribution >= 4 is 23.4 Å². The van der Waals surface area contributed by atoms with Gasteiger partial charge in [0.2, 0.25) is 5.91 Å². The zero-order valence-electron chi connectivity index (χ0n) is 13.2. The van der Waals surface area contributed by atoms with E-state index in [9.17, 15) is 9.90 Å². The van der Waals surface area contributed by atoms with E-state index in [2.05, 4.69) is 29.6 Å². The third kappa shape index (κ3) is 6.78. The highest BCUT2D eigenvalue weighted by Gasteiger charge is 2.05. The Balaban J connectivity index is 1.52. The van der Waals surface area contributed by atoms with Gasteiger partial charge in [0, 0.05) is 11.3 Å². The number of phenols is 1. The lowest BCUT2D eigenvalue weighted by Crippen LogP contribution is -2.11. The number of nitrogens with one attached hydrogen (secondary N) is 1. The molecular formula is C19H23NO2S. The molecule has 0 aliphatic carbocycles. The maximum absolute atomic E-state index is 11.8. The Morgan fingerprint density at radius 2 is 1.61 bits per heavy atom. The molecule has 0 atom stereocenters. The molecule has 2 N–H and O–H groups in total. The highest BCUT2D eigenvalue weighted by atomic mass is 32.2. The number of carbonyl (C=O) groups excluding carboxylic acids is 1. The quantitative estimate of drug-likeness (QED) is 0.383. The van der Waals surface area contributed by atoms with Gasteiger partial charge in [0.05, 0.1) is 5.69 Å². The number of carbonyl (C=O) groups is 1. The molecule has 0 aliphatic heterocycles. The fourth-order valence-electron chi connectivity index (χ4n) is 2.24. The number of anilines is 1. The van der Waals surface area contributed by atoms with Gasteiger partial charge in [-0.15, -0.1) is 11.8 Å². The van der Waals surface area contributed by atoms with Gasteiger partial charge in [0.25, 0.3) is 0 Å². The summed E-state index contributed by atoms with van der Waals surface area (Å²) in [6, 6.07) is 17.2.